The Labute approximate surface area is 65.6 Å². The van der Waals surface area contributed by atoms with Crippen LogP contribution in [0.2, 0.25) is 0 Å². The van der Waals surface area contributed by atoms with Gasteiger partial charge >= 0.3 is 9.29 Å². The van der Waals surface area contributed by atoms with Gasteiger partial charge in [0.05, 0.1) is 0 Å². The van der Waals surface area contributed by atoms with Crippen LogP contribution in [0.25, 0.3) is 0 Å². The quantitative estimate of drug-likeness (QED) is 0.517. The van der Waals surface area contributed by atoms with Crippen molar-refractivity contribution in [3.05, 3.63) is 0 Å². The van der Waals surface area contributed by atoms with Gasteiger partial charge in [0, 0.05) is 47.8 Å². The summed E-state index contributed by atoms with van der Waals surface area (Å²) >= 11 is 0. The maximum atomic E-state index is 8.40. The van der Waals surface area contributed by atoms with Crippen LogP contribution in [0, 0.1) is 0 Å². The molecular weight excluding hydrogens is 298 g/mol. The molecule has 0 heterocycles. The summed E-state index contributed by atoms with van der Waals surface area (Å²) in [6.07, 6.45) is 0. The normalized spacial score (nSPS) is 1.60. The molecule has 0 aromatic rings. The van der Waals surface area contributed by atoms with E-state index in [2.05, 4.69) is 0 Å². The third-order valence-corrected chi connectivity index (χ3v) is 0. The Balaban J connectivity index is -0.0000000200. The van der Waals surface area contributed by atoms with Gasteiger partial charge in [0.2, 0.25) is 0 Å². The molecule has 24 valence electrons. The third kappa shape index (κ3) is 31.6. The largest absolute Gasteiger partial charge is 0.549 e. The van der Waals surface area contributed by atoms with Gasteiger partial charge in [0.15, 0.2) is 0 Å². The van der Waals surface area contributed by atoms with Gasteiger partial charge in [-0.25, -0.2) is 0 Å². The van der Waals surface area contributed by atoms with Crippen LogP contribution in [0.15, 0.2) is 0 Å². The molecule has 0 spiro atoms. The van der Waals surface area contributed by atoms with E-state index in [-0.39, 0.29) is 47.8 Å². The van der Waals surface area contributed by atoms with Crippen molar-refractivity contribution in [1.82, 2.24) is 0 Å². The van der Waals surface area contributed by atoms with Crippen molar-refractivity contribution >= 4 is 57.1 Å². The van der Waals surface area contributed by atoms with E-state index < -0.39 is 9.29 Å². The van der Waals surface area contributed by atoms with Gasteiger partial charge in [-0.3, -0.25) is 8.92 Å². The molecule has 5 heavy (non-hydrogen) atoms. The molecule has 0 aliphatic rings. The summed E-state index contributed by atoms with van der Waals surface area (Å²) in [5.41, 5.74) is 0. The summed E-state index contributed by atoms with van der Waals surface area (Å²) in [7, 11) is -1.42. The molecule has 2 nitrogen and oxygen atoms in total. The second-order valence-electron chi connectivity index (χ2n) is 0.0833. The molecule has 5 heteroatoms. The second kappa shape index (κ2) is 18.1. The van der Waals surface area contributed by atoms with E-state index >= 15 is 0 Å². The van der Waals surface area contributed by atoms with Gasteiger partial charge in [-0.05, 0) is 0 Å². The number of hydrogen-bond donors (Lipinski definition) is 0. The molecule has 0 bridgehead atoms. The first-order chi connectivity index (χ1) is 1.41. The van der Waals surface area contributed by atoms with Crippen LogP contribution in [0.5, 0.6) is 0 Å². The fourth-order valence-corrected chi connectivity index (χ4v) is 0. The van der Waals surface area contributed by atoms with Gasteiger partial charge in [-0.2, -0.15) is 0 Å². The van der Waals surface area contributed by atoms with Crippen LogP contribution in [0.3, 0.4) is 0 Å². The summed E-state index contributed by atoms with van der Waals surface area (Å²) in [6, 6.07) is 0. The van der Waals surface area contributed by atoms with Crippen LogP contribution >= 0.6 is 0 Å². The monoisotopic (exact) mass is 300 g/mol. The molecule has 0 aliphatic carbocycles. The van der Waals surface area contributed by atoms with Crippen LogP contribution < -0.4 is 0 Å². The Bertz CT molecular complexity index is 28.6. The Morgan fingerprint density at radius 1 is 1.00 bits per heavy atom. The molecule has 0 rings (SSSR count). The van der Waals surface area contributed by atoms with Gasteiger partial charge in [-0.15, -0.1) is 0 Å². The average Bonchev–Trinajstić information content (AvgIpc) is 0.918. The van der Waals surface area contributed by atoms with Gasteiger partial charge < -0.3 is 0 Å². The molecular formula is O2SiSn2. The molecule has 0 aliphatic heterocycles. The van der Waals surface area contributed by atoms with E-state index in [1.165, 1.54) is 0 Å². The summed E-state index contributed by atoms with van der Waals surface area (Å²) in [4.78, 5) is 0. The van der Waals surface area contributed by atoms with Crippen molar-refractivity contribution in [3.63, 3.8) is 0 Å². The van der Waals surface area contributed by atoms with E-state index in [4.69, 9.17) is 8.92 Å². The summed E-state index contributed by atoms with van der Waals surface area (Å²) in [5, 5.41) is 0. The second-order valence-corrected chi connectivity index (χ2v) is 0.250. The zero-order valence-electron chi connectivity index (χ0n) is 2.32. The molecule has 0 aromatic heterocycles. The fraction of sp³-hybridized carbons (Fsp3) is 0. The zero-order valence-corrected chi connectivity index (χ0v) is 9.02. The van der Waals surface area contributed by atoms with E-state index in [1.807, 2.05) is 0 Å². The predicted octanol–water partition coefficient (Wildman–Crippen LogP) is -1.38. The van der Waals surface area contributed by atoms with Crippen LogP contribution in [0.4, 0.5) is 0 Å². The van der Waals surface area contributed by atoms with E-state index in [9.17, 15) is 0 Å². The number of hydrogen-bond acceptors (Lipinski definition) is 2. The summed E-state index contributed by atoms with van der Waals surface area (Å²) < 4.78 is 16.8. The Hall–Kier alpha value is 1.41. The molecule has 0 atom stereocenters. The predicted molar refractivity (Wildman–Crippen MR) is 18.6 cm³/mol. The summed E-state index contributed by atoms with van der Waals surface area (Å²) in [5.74, 6) is 0. The third-order valence-electron chi connectivity index (χ3n) is 0. The van der Waals surface area contributed by atoms with Crippen molar-refractivity contribution in [2.24, 2.45) is 0 Å². The van der Waals surface area contributed by atoms with Crippen molar-refractivity contribution < 1.29 is 8.92 Å². The molecule has 0 unspecified atom stereocenters. The van der Waals surface area contributed by atoms with Crippen LogP contribution in [-0.4, -0.2) is 57.1 Å². The van der Waals surface area contributed by atoms with Crippen molar-refractivity contribution in [3.8, 4) is 0 Å². The van der Waals surface area contributed by atoms with Gasteiger partial charge in [0.1, 0.15) is 0 Å². The minimum absolute atomic E-state index is 0. The molecule has 0 saturated carbocycles. The summed E-state index contributed by atoms with van der Waals surface area (Å²) in [6.45, 7) is 0. The minimum atomic E-state index is -1.42. The average molecular weight is 298 g/mol. The molecule has 8 radical (unpaired) electrons. The first-order valence-corrected chi connectivity index (χ1v) is 1.22. The topological polar surface area (TPSA) is 34.1 Å². The molecule has 0 fully saturated rings. The standard InChI is InChI=1S/O2Si.2Sn/c1-3-2;;. The van der Waals surface area contributed by atoms with Crippen molar-refractivity contribution in [1.29, 1.82) is 0 Å². The first-order valence-electron chi connectivity index (χ1n) is 0.408. The number of rotatable bonds is 0. The maximum absolute atomic E-state index is 8.40. The van der Waals surface area contributed by atoms with Gasteiger partial charge in [0.25, 0.3) is 0 Å². The zero-order chi connectivity index (χ0) is 2.71. The van der Waals surface area contributed by atoms with E-state index in [1.54, 1.807) is 0 Å². The fourth-order valence-electron chi connectivity index (χ4n) is 0. The Morgan fingerprint density at radius 2 is 1.00 bits per heavy atom. The van der Waals surface area contributed by atoms with Crippen molar-refractivity contribution in [2.75, 3.05) is 0 Å². The molecule has 0 saturated heterocycles. The molecule has 0 amide bonds. The Morgan fingerprint density at radius 3 is 1.00 bits per heavy atom. The van der Waals surface area contributed by atoms with Gasteiger partial charge in [-0.1, -0.05) is 0 Å². The molecule has 0 N–H and O–H groups in total. The first kappa shape index (κ1) is 16.1. The van der Waals surface area contributed by atoms with Crippen LogP contribution in [0.1, 0.15) is 0 Å². The van der Waals surface area contributed by atoms with E-state index in [0.29, 0.717) is 0 Å². The minimum Gasteiger partial charge on any atom is -0.274 e. The maximum Gasteiger partial charge on any atom is 0.549 e. The SMILES string of the molecule is O=[Si]=O.[Sn].[Sn]. The smallest absolute Gasteiger partial charge is 0.274 e. The van der Waals surface area contributed by atoms with Crippen molar-refractivity contribution in [2.45, 2.75) is 0 Å². The van der Waals surface area contributed by atoms with Crippen LogP contribution in [-0.2, 0) is 8.92 Å². The van der Waals surface area contributed by atoms with E-state index in [0.717, 1.165) is 0 Å². The molecule has 0 aromatic carbocycles. The Kier molecular flexibility index (Phi) is 58.4.